The molecule has 0 aliphatic rings. The molecule has 3 rings (SSSR count). The van der Waals surface area contributed by atoms with Crippen molar-refractivity contribution in [2.24, 2.45) is 0 Å². The first-order chi connectivity index (χ1) is 16.6. The summed E-state index contributed by atoms with van der Waals surface area (Å²) in [6.45, 7) is 5.65. The van der Waals surface area contributed by atoms with Gasteiger partial charge in [0.05, 0.1) is 9.37 Å². The van der Waals surface area contributed by atoms with Crippen molar-refractivity contribution in [2.45, 2.75) is 32.1 Å². The van der Waals surface area contributed by atoms with E-state index in [1.807, 2.05) is 32.0 Å². The van der Waals surface area contributed by atoms with Crippen LogP contribution in [0.15, 0.2) is 70.0 Å². The molecule has 0 saturated carbocycles. The monoisotopic (exact) mass is 575 g/mol. The molecular weight excluding hydrogens is 550 g/mol. The van der Waals surface area contributed by atoms with Crippen LogP contribution in [0.3, 0.4) is 0 Å². The van der Waals surface area contributed by atoms with Gasteiger partial charge < -0.3 is 10.1 Å². The second-order valence-corrected chi connectivity index (χ2v) is 10.9. The fourth-order valence-electron chi connectivity index (χ4n) is 3.31. The van der Waals surface area contributed by atoms with Gasteiger partial charge in [-0.15, -0.1) is 0 Å². The highest BCUT2D eigenvalue weighted by atomic mass is 79.9. The fraction of sp³-hybridized carbons (Fsp3) is 0.200. The molecule has 0 bridgehead atoms. The third kappa shape index (κ3) is 7.78. The Bertz CT molecular complexity index is 1320. The van der Waals surface area contributed by atoms with Gasteiger partial charge in [-0.1, -0.05) is 19.1 Å². The molecule has 0 spiro atoms. The van der Waals surface area contributed by atoms with Crippen LogP contribution in [0.2, 0.25) is 0 Å². The second kappa shape index (κ2) is 11.7. The van der Waals surface area contributed by atoms with Crippen LogP contribution in [-0.2, 0) is 21.2 Å². The van der Waals surface area contributed by atoms with Crippen LogP contribution in [0.1, 0.15) is 23.6 Å². The summed E-state index contributed by atoms with van der Waals surface area (Å²) >= 11 is 8.62. The minimum absolute atomic E-state index is 0.0722. The van der Waals surface area contributed by atoms with Crippen LogP contribution in [0, 0.1) is 13.8 Å². The number of thiocarbonyl (C=S) groups is 1. The first kappa shape index (κ1) is 26.7. The predicted molar refractivity (Wildman–Crippen MR) is 147 cm³/mol. The lowest BCUT2D eigenvalue weighted by atomic mass is 10.1. The Morgan fingerprint density at radius 3 is 2.23 bits per heavy atom. The highest BCUT2D eigenvalue weighted by molar-refractivity contribution is 9.10. The SMILES string of the molecule is CCc1ccc(OCC(=O)NC(=S)Nc2ccc(S(=O)(=O)Nc3cc(C)cc(C)c3)cc2)c(Br)c1. The van der Waals surface area contributed by atoms with E-state index in [9.17, 15) is 13.2 Å². The Hall–Kier alpha value is -2.95. The molecule has 35 heavy (non-hydrogen) atoms. The van der Waals surface area contributed by atoms with Crippen molar-refractivity contribution in [2.75, 3.05) is 16.6 Å². The summed E-state index contributed by atoms with van der Waals surface area (Å²) in [7, 11) is -3.75. The summed E-state index contributed by atoms with van der Waals surface area (Å²) in [6, 6.07) is 17.2. The van der Waals surface area contributed by atoms with E-state index in [0.717, 1.165) is 27.6 Å². The van der Waals surface area contributed by atoms with Gasteiger partial charge in [-0.25, -0.2) is 8.42 Å². The second-order valence-electron chi connectivity index (χ2n) is 7.92. The van der Waals surface area contributed by atoms with Gasteiger partial charge in [-0.2, -0.15) is 0 Å². The van der Waals surface area contributed by atoms with Crippen molar-refractivity contribution in [1.29, 1.82) is 0 Å². The molecule has 10 heteroatoms. The van der Waals surface area contributed by atoms with Crippen molar-refractivity contribution in [3.05, 3.63) is 81.8 Å². The number of carbonyl (C=O) groups is 1. The number of carbonyl (C=O) groups excluding carboxylic acids is 1. The number of sulfonamides is 1. The molecule has 0 saturated heterocycles. The zero-order valence-electron chi connectivity index (χ0n) is 19.5. The summed E-state index contributed by atoms with van der Waals surface area (Å²) < 4.78 is 34.3. The number of ether oxygens (including phenoxy) is 1. The molecule has 3 N–H and O–H groups in total. The van der Waals surface area contributed by atoms with Crippen molar-refractivity contribution in [3.63, 3.8) is 0 Å². The predicted octanol–water partition coefficient (Wildman–Crippen LogP) is 5.32. The van der Waals surface area contributed by atoms with Gasteiger partial charge in [0.15, 0.2) is 11.7 Å². The molecular formula is C25H26BrN3O4S2. The van der Waals surface area contributed by atoms with Crippen molar-refractivity contribution >= 4 is 60.6 Å². The molecule has 1 amide bonds. The van der Waals surface area contributed by atoms with E-state index in [1.165, 1.54) is 12.1 Å². The molecule has 0 radical (unpaired) electrons. The van der Waals surface area contributed by atoms with Crippen LogP contribution < -0.4 is 20.1 Å². The molecule has 0 unspecified atom stereocenters. The third-order valence-corrected chi connectivity index (χ3v) is 7.13. The molecule has 0 heterocycles. The average Bonchev–Trinajstić information content (AvgIpc) is 2.77. The number of rotatable bonds is 8. The maximum atomic E-state index is 12.7. The lowest BCUT2D eigenvalue weighted by molar-refractivity contribution is -0.121. The van der Waals surface area contributed by atoms with Gasteiger partial charge in [0.1, 0.15) is 5.75 Å². The van der Waals surface area contributed by atoms with Crippen LogP contribution in [0.4, 0.5) is 11.4 Å². The van der Waals surface area contributed by atoms with E-state index in [-0.39, 0.29) is 16.6 Å². The lowest BCUT2D eigenvalue weighted by Crippen LogP contribution is -2.37. The minimum atomic E-state index is -3.75. The van der Waals surface area contributed by atoms with Gasteiger partial charge in [-0.3, -0.25) is 14.8 Å². The van der Waals surface area contributed by atoms with Crippen LogP contribution in [-0.4, -0.2) is 26.0 Å². The van der Waals surface area contributed by atoms with E-state index < -0.39 is 15.9 Å². The minimum Gasteiger partial charge on any atom is -0.483 e. The molecule has 7 nitrogen and oxygen atoms in total. The van der Waals surface area contributed by atoms with E-state index in [0.29, 0.717) is 17.1 Å². The Morgan fingerprint density at radius 1 is 0.971 bits per heavy atom. The molecule has 3 aromatic carbocycles. The summed E-state index contributed by atoms with van der Waals surface area (Å²) in [6.07, 6.45) is 0.898. The average molecular weight is 577 g/mol. The van der Waals surface area contributed by atoms with Crippen LogP contribution in [0.25, 0.3) is 0 Å². The highest BCUT2D eigenvalue weighted by Gasteiger charge is 2.15. The highest BCUT2D eigenvalue weighted by Crippen LogP contribution is 2.26. The van der Waals surface area contributed by atoms with E-state index in [2.05, 4.69) is 38.2 Å². The molecule has 3 aromatic rings. The number of halogens is 1. The number of hydrogen-bond acceptors (Lipinski definition) is 5. The van der Waals surface area contributed by atoms with E-state index >= 15 is 0 Å². The maximum absolute atomic E-state index is 12.7. The Kier molecular flexibility index (Phi) is 8.87. The molecule has 0 aliphatic heterocycles. The van der Waals surface area contributed by atoms with E-state index in [1.54, 1.807) is 30.3 Å². The maximum Gasteiger partial charge on any atom is 0.264 e. The van der Waals surface area contributed by atoms with Crippen molar-refractivity contribution < 1.29 is 17.9 Å². The molecule has 0 atom stereocenters. The van der Waals surface area contributed by atoms with Gasteiger partial charge >= 0.3 is 0 Å². The fourth-order valence-corrected chi connectivity index (χ4v) is 5.13. The molecule has 0 aromatic heterocycles. The quantitative estimate of drug-likeness (QED) is 0.314. The number of benzene rings is 3. The van der Waals surface area contributed by atoms with Crippen LogP contribution >= 0.6 is 28.1 Å². The van der Waals surface area contributed by atoms with Gasteiger partial charge in [0.2, 0.25) is 0 Å². The summed E-state index contributed by atoms with van der Waals surface area (Å²) in [5.74, 6) is 0.133. The van der Waals surface area contributed by atoms with Crippen LogP contribution in [0.5, 0.6) is 5.75 Å². The first-order valence-corrected chi connectivity index (χ1v) is 13.5. The molecule has 0 aliphatic carbocycles. The zero-order chi connectivity index (χ0) is 25.6. The van der Waals surface area contributed by atoms with Gasteiger partial charge in [-0.05, 0) is 114 Å². The van der Waals surface area contributed by atoms with Crippen molar-refractivity contribution in [1.82, 2.24) is 5.32 Å². The van der Waals surface area contributed by atoms with Gasteiger partial charge in [0, 0.05) is 11.4 Å². The third-order valence-electron chi connectivity index (χ3n) is 4.91. The molecule has 184 valence electrons. The lowest BCUT2D eigenvalue weighted by Gasteiger charge is -2.13. The standard InChI is InChI=1S/C25H26BrN3O4S2/c1-4-18-5-10-23(22(26)14-18)33-15-24(30)28-25(34)27-19-6-8-21(9-7-19)35(31,32)29-20-12-16(2)11-17(3)13-20/h5-14,29H,4,15H2,1-3H3,(H2,27,28,30,34). The number of hydrogen-bond donors (Lipinski definition) is 3. The zero-order valence-corrected chi connectivity index (χ0v) is 22.7. The Labute approximate surface area is 219 Å². The Morgan fingerprint density at radius 2 is 1.63 bits per heavy atom. The van der Waals surface area contributed by atoms with E-state index in [4.69, 9.17) is 17.0 Å². The first-order valence-electron chi connectivity index (χ1n) is 10.8. The summed E-state index contributed by atoms with van der Waals surface area (Å²) in [5, 5.41) is 5.47. The molecule has 0 fully saturated rings. The largest absolute Gasteiger partial charge is 0.483 e. The number of amides is 1. The summed E-state index contributed by atoms with van der Waals surface area (Å²) in [5.41, 5.74) is 4.11. The van der Waals surface area contributed by atoms with Crippen molar-refractivity contribution in [3.8, 4) is 5.75 Å². The Balaban J connectivity index is 1.54. The number of nitrogens with one attached hydrogen (secondary N) is 3. The normalized spacial score (nSPS) is 11.0. The number of aryl methyl sites for hydroxylation is 3. The van der Waals surface area contributed by atoms with Gasteiger partial charge in [0.25, 0.3) is 15.9 Å². The smallest absolute Gasteiger partial charge is 0.264 e. The number of anilines is 2. The topological polar surface area (TPSA) is 96.5 Å². The summed E-state index contributed by atoms with van der Waals surface area (Å²) in [4.78, 5) is 12.3.